The van der Waals surface area contributed by atoms with E-state index in [0.717, 1.165) is 37.9 Å². The molecule has 0 spiro atoms. The smallest absolute Gasteiger partial charge is 0.234 e. The van der Waals surface area contributed by atoms with Crippen LogP contribution in [0.2, 0.25) is 0 Å². The maximum absolute atomic E-state index is 13.3. The monoisotopic (exact) mass is 345 g/mol. The van der Waals surface area contributed by atoms with Crippen molar-refractivity contribution in [3.63, 3.8) is 0 Å². The summed E-state index contributed by atoms with van der Waals surface area (Å²) in [6.45, 7) is 3.24. The number of amides is 2. The molecule has 2 saturated carbocycles. The largest absolute Gasteiger partial charge is 0.352 e. The van der Waals surface area contributed by atoms with Crippen LogP contribution in [0, 0.1) is 11.7 Å². The van der Waals surface area contributed by atoms with Crippen LogP contribution in [0.5, 0.6) is 0 Å². The van der Waals surface area contributed by atoms with Crippen molar-refractivity contribution < 1.29 is 14.0 Å². The van der Waals surface area contributed by atoms with Gasteiger partial charge in [-0.1, -0.05) is 12.1 Å². The van der Waals surface area contributed by atoms with Gasteiger partial charge in [-0.05, 0) is 42.9 Å². The van der Waals surface area contributed by atoms with Gasteiger partial charge in [-0.15, -0.1) is 0 Å². The summed E-state index contributed by atoms with van der Waals surface area (Å²) in [4.78, 5) is 28.5. The fourth-order valence-corrected chi connectivity index (χ4v) is 3.64. The molecular formula is C19H24FN3O2. The lowest BCUT2D eigenvalue weighted by atomic mass is 10.1. The third-order valence-corrected chi connectivity index (χ3v) is 5.38. The molecule has 1 aromatic rings. The Balaban J connectivity index is 1.24. The van der Waals surface area contributed by atoms with E-state index in [2.05, 4.69) is 10.2 Å². The summed E-state index contributed by atoms with van der Waals surface area (Å²) < 4.78 is 13.3. The van der Waals surface area contributed by atoms with Crippen molar-refractivity contribution in [3.8, 4) is 0 Å². The SMILES string of the molecule is O=C(CN1CCN(C(=O)C2CC2c2cccc(F)c2)CC1)NC1CC1. The number of halogens is 1. The number of nitrogens with one attached hydrogen (secondary N) is 1. The van der Waals surface area contributed by atoms with Crippen LogP contribution in [0.25, 0.3) is 0 Å². The third-order valence-electron chi connectivity index (χ3n) is 5.38. The highest BCUT2D eigenvalue weighted by Gasteiger charge is 2.46. The van der Waals surface area contributed by atoms with Gasteiger partial charge in [0.1, 0.15) is 5.82 Å². The van der Waals surface area contributed by atoms with Crippen molar-refractivity contribution in [3.05, 3.63) is 35.6 Å². The molecule has 1 aliphatic heterocycles. The number of carbonyl (C=O) groups is 2. The molecule has 0 aromatic heterocycles. The second-order valence-electron chi connectivity index (χ2n) is 7.45. The fourth-order valence-electron chi connectivity index (χ4n) is 3.64. The third kappa shape index (κ3) is 4.00. The Morgan fingerprint density at radius 2 is 1.92 bits per heavy atom. The average Bonchev–Trinajstić information content (AvgIpc) is 3.50. The zero-order valence-electron chi connectivity index (χ0n) is 14.3. The topological polar surface area (TPSA) is 52.7 Å². The van der Waals surface area contributed by atoms with E-state index < -0.39 is 0 Å². The van der Waals surface area contributed by atoms with Crippen molar-refractivity contribution >= 4 is 11.8 Å². The molecule has 2 atom stereocenters. The molecule has 0 radical (unpaired) electrons. The van der Waals surface area contributed by atoms with E-state index in [4.69, 9.17) is 0 Å². The van der Waals surface area contributed by atoms with Crippen molar-refractivity contribution in [1.29, 1.82) is 0 Å². The van der Waals surface area contributed by atoms with Gasteiger partial charge in [0.05, 0.1) is 6.54 Å². The molecule has 4 rings (SSSR count). The van der Waals surface area contributed by atoms with Crippen LogP contribution < -0.4 is 5.32 Å². The molecule has 3 aliphatic rings. The lowest BCUT2D eigenvalue weighted by molar-refractivity contribution is -0.134. The molecule has 0 bridgehead atoms. The van der Waals surface area contributed by atoms with E-state index in [9.17, 15) is 14.0 Å². The number of rotatable bonds is 5. The molecule has 25 heavy (non-hydrogen) atoms. The van der Waals surface area contributed by atoms with Crippen molar-refractivity contribution in [2.24, 2.45) is 5.92 Å². The Morgan fingerprint density at radius 3 is 2.60 bits per heavy atom. The molecular weight excluding hydrogens is 321 g/mol. The van der Waals surface area contributed by atoms with Gasteiger partial charge in [0.25, 0.3) is 0 Å². The summed E-state index contributed by atoms with van der Waals surface area (Å²) >= 11 is 0. The van der Waals surface area contributed by atoms with Crippen molar-refractivity contribution in [2.75, 3.05) is 32.7 Å². The van der Waals surface area contributed by atoms with E-state index in [1.54, 1.807) is 6.07 Å². The first-order valence-corrected chi connectivity index (χ1v) is 9.16. The van der Waals surface area contributed by atoms with E-state index in [0.29, 0.717) is 25.7 Å². The quantitative estimate of drug-likeness (QED) is 0.877. The summed E-state index contributed by atoms with van der Waals surface area (Å²) in [6.07, 6.45) is 3.01. The number of hydrogen-bond acceptors (Lipinski definition) is 3. The first kappa shape index (κ1) is 16.5. The maximum atomic E-state index is 13.3. The molecule has 2 unspecified atom stereocenters. The minimum atomic E-state index is -0.242. The number of nitrogens with zero attached hydrogens (tertiary/aromatic N) is 2. The van der Waals surface area contributed by atoms with Gasteiger partial charge in [0.2, 0.25) is 11.8 Å². The summed E-state index contributed by atoms with van der Waals surface area (Å²) in [7, 11) is 0. The van der Waals surface area contributed by atoms with Crippen molar-refractivity contribution in [2.45, 2.75) is 31.2 Å². The van der Waals surface area contributed by atoms with Gasteiger partial charge >= 0.3 is 0 Å². The number of benzene rings is 1. The van der Waals surface area contributed by atoms with Crippen LogP contribution in [0.15, 0.2) is 24.3 Å². The predicted octanol–water partition coefficient (Wildman–Crippen LogP) is 1.35. The average molecular weight is 345 g/mol. The highest BCUT2D eigenvalue weighted by molar-refractivity contribution is 5.83. The summed E-state index contributed by atoms with van der Waals surface area (Å²) in [5.74, 6) is 0.178. The molecule has 1 N–H and O–H groups in total. The molecule has 1 aromatic carbocycles. The van der Waals surface area contributed by atoms with Gasteiger partial charge in [-0.25, -0.2) is 4.39 Å². The Hall–Kier alpha value is -1.95. The van der Waals surface area contributed by atoms with Gasteiger partial charge in [0.15, 0.2) is 0 Å². The molecule has 2 amide bonds. The second kappa shape index (κ2) is 6.75. The lowest BCUT2D eigenvalue weighted by Gasteiger charge is -2.34. The van der Waals surface area contributed by atoms with E-state index >= 15 is 0 Å². The molecule has 1 saturated heterocycles. The zero-order valence-corrected chi connectivity index (χ0v) is 14.3. The Bertz CT molecular complexity index is 668. The summed E-state index contributed by atoms with van der Waals surface area (Å²) in [5.41, 5.74) is 0.925. The lowest BCUT2D eigenvalue weighted by Crippen LogP contribution is -2.51. The first-order valence-electron chi connectivity index (χ1n) is 9.16. The Morgan fingerprint density at radius 1 is 1.16 bits per heavy atom. The van der Waals surface area contributed by atoms with Crippen LogP contribution >= 0.6 is 0 Å². The van der Waals surface area contributed by atoms with Gasteiger partial charge < -0.3 is 10.2 Å². The molecule has 134 valence electrons. The second-order valence-corrected chi connectivity index (χ2v) is 7.45. The summed E-state index contributed by atoms with van der Waals surface area (Å²) in [5, 5.41) is 3.00. The Kier molecular flexibility index (Phi) is 4.46. The first-order chi connectivity index (χ1) is 12.1. The normalized spacial score (nSPS) is 26.4. The fraction of sp³-hybridized carbons (Fsp3) is 0.579. The molecule has 2 aliphatic carbocycles. The number of carbonyl (C=O) groups excluding carboxylic acids is 2. The highest BCUT2D eigenvalue weighted by atomic mass is 19.1. The maximum Gasteiger partial charge on any atom is 0.234 e. The zero-order chi connectivity index (χ0) is 17.4. The minimum absolute atomic E-state index is 0.00786. The van der Waals surface area contributed by atoms with E-state index in [-0.39, 0.29) is 29.5 Å². The van der Waals surface area contributed by atoms with Gasteiger partial charge in [-0.3, -0.25) is 14.5 Å². The van der Waals surface area contributed by atoms with Gasteiger partial charge in [-0.2, -0.15) is 0 Å². The number of piperazine rings is 1. The van der Waals surface area contributed by atoms with Crippen LogP contribution in [0.4, 0.5) is 4.39 Å². The van der Waals surface area contributed by atoms with Crippen molar-refractivity contribution in [1.82, 2.24) is 15.1 Å². The number of hydrogen-bond donors (Lipinski definition) is 1. The van der Waals surface area contributed by atoms with Crippen LogP contribution in [-0.4, -0.2) is 60.4 Å². The molecule has 3 fully saturated rings. The minimum Gasteiger partial charge on any atom is -0.352 e. The predicted molar refractivity (Wildman–Crippen MR) is 91.4 cm³/mol. The van der Waals surface area contributed by atoms with E-state index in [1.807, 2.05) is 11.0 Å². The standard InChI is InChI=1S/C19H24FN3O2/c20-14-3-1-2-13(10-14)16-11-17(16)19(25)23-8-6-22(7-9-23)12-18(24)21-15-4-5-15/h1-3,10,15-17H,4-9,11-12H2,(H,21,24). The Labute approximate surface area is 147 Å². The summed E-state index contributed by atoms with van der Waals surface area (Å²) in [6, 6.07) is 6.97. The van der Waals surface area contributed by atoms with Crippen LogP contribution in [0.3, 0.4) is 0 Å². The van der Waals surface area contributed by atoms with Crippen LogP contribution in [0.1, 0.15) is 30.7 Å². The van der Waals surface area contributed by atoms with Gasteiger partial charge in [0, 0.05) is 38.1 Å². The molecule has 5 nitrogen and oxygen atoms in total. The highest BCUT2D eigenvalue weighted by Crippen LogP contribution is 2.48. The molecule has 1 heterocycles. The molecule has 6 heteroatoms. The van der Waals surface area contributed by atoms with Crippen LogP contribution in [-0.2, 0) is 9.59 Å². The van der Waals surface area contributed by atoms with E-state index in [1.165, 1.54) is 12.1 Å².